The van der Waals surface area contributed by atoms with Gasteiger partial charge >= 0.3 is 12.2 Å². The SMILES string of the molecule is O=C(NCC1CCN(CC(F)(F)F)CC1)N1CCC(O)(c2ccccc2)CC1. The van der Waals surface area contributed by atoms with E-state index in [-0.39, 0.29) is 11.9 Å². The molecule has 2 N–H and O–H groups in total. The van der Waals surface area contributed by atoms with E-state index >= 15 is 0 Å². The molecule has 8 heteroatoms. The van der Waals surface area contributed by atoms with Crippen molar-refractivity contribution in [2.45, 2.75) is 37.5 Å². The standard InChI is InChI=1S/C20H28F3N3O2/c21-20(22,23)15-25-10-6-16(7-11-25)14-24-18(27)26-12-8-19(28,9-13-26)17-4-2-1-3-5-17/h1-5,16,28H,6-15H2,(H,24,27). The van der Waals surface area contributed by atoms with Crippen molar-refractivity contribution in [3.8, 4) is 0 Å². The number of halogens is 3. The summed E-state index contributed by atoms with van der Waals surface area (Å²) < 4.78 is 37.3. The van der Waals surface area contributed by atoms with Gasteiger partial charge in [-0.1, -0.05) is 30.3 Å². The number of hydrogen-bond acceptors (Lipinski definition) is 3. The number of benzene rings is 1. The first-order valence-electron chi connectivity index (χ1n) is 9.85. The number of alkyl halides is 3. The number of rotatable bonds is 4. The lowest BCUT2D eigenvalue weighted by Crippen LogP contribution is -2.50. The third-order valence-electron chi connectivity index (χ3n) is 5.84. The van der Waals surface area contributed by atoms with E-state index in [0.29, 0.717) is 58.4 Å². The monoisotopic (exact) mass is 399 g/mol. The largest absolute Gasteiger partial charge is 0.401 e. The Morgan fingerprint density at radius 1 is 1.11 bits per heavy atom. The third kappa shape index (κ3) is 5.61. The molecule has 156 valence electrons. The Balaban J connectivity index is 1.39. The van der Waals surface area contributed by atoms with Crippen LogP contribution in [-0.2, 0) is 5.60 Å². The maximum absolute atomic E-state index is 12.4. The molecule has 0 radical (unpaired) electrons. The van der Waals surface area contributed by atoms with Gasteiger partial charge in [0, 0.05) is 19.6 Å². The molecule has 2 aliphatic rings. The number of likely N-dealkylation sites (tertiary alicyclic amines) is 2. The zero-order valence-electron chi connectivity index (χ0n) is 15.9. The molecule has 2 saturated heterocycles. The van der Waals surface area contributed by atoms with Crippen molar-refractivity contribution in [1.82, 2.24) is 15.1 Å². The van der Waals surface area contributed by atoms with Gasteiger partial charge in [0.25, 0.3) is 0 Å². The fourth-order valence-corrected chi connectivity index (χ4v) is 4.06. The smallest absolute Gasteiger partial charge is 0.385 e. The number of nitrogens with one attached hydrogen (secondary N) is 1. The molecule has 1 aromatic carbocycles. The molecule has 2 fully saturated rings. The van der Waals surface area contributed by atoms with Crippen molar-refractivity contribution >= 4 is 6.03 Å². The second-order valence-corrected chi connectivity index (χ2v) is 7.91. The quantitative estimate of drug-likeness (QED) is 0.819. The first kappa shape index (κ1) is 20.9. The number of carbonyl (C=O) groups is 1. The Hall–Kier alpha value is -1.80. The minimum atomic E-state index is -4.16. The van der Waals surface area contributed by atoms with Gasteiger partial charge in [-0.2, -0.15) is 13.2 Å². The van der Waals surface area contributed by atoms with E-state index in [9.17, 15) is 23.1 Å². The van der Waals surface area contributed by atoms with E-state index in [2.05, 4.69) is 5.32 Å². The summed E-state index contributed by atoms with van der Waals surface area (Å²) in [5, 5.41) is 13.8. The maximum Gasteiger partial charge on any atom is 0.401 e. The van der Waals surface area contributed by atoms with Gasteiger partial charge in [-0.15, -0.1) is 0 Å². The van der Waals surface area contributed by atoms with Crippen LogP contribution < -0.4 is 5.32 Å². The summed E-state index contributed by atoms with van der Waals surface area (Å²) in [6, 6.07) is 9.34. The molecule has 2 amide bonds. The van der Waals surface area contributed by atoms with E-state index in [4.69, 9.17) is 0 Å². The number of aliphatic hydroxyl groups is 1. The molecule has 0 aromatic heterocycles. The van der Waals surface area contributed by atoms with Gasteiger partial charge in [0.1, 0.15) is 0 Å². The van der Waals surface area contributed by atoms with Gasteiger partial charge in [0.05, 0.1) is 12.1 Å². The van der Waals surface area contributed by atoms with E-state index in [1.54, 1.807) is 4.90 Å². The summed E-state index contributed by atoms with van der Waals surface area (Å²) in [4.78, 5) is 15.5. The van der Waals surface area contributed by atoms with Crippen LogP contribution >= 0.6 is 0 Å². The number of nitrogens with zero attached hydrogens (tertiary/aromatic N) is 2. The Morgan fingerprint density at radius 3 is 2.29 bits per heavy atom. The molecule has 0 atom stereocenters. The number of hydrogen-bond donors (Lipinski definition) is 2. The van der Waals surface area contributed by atoms with Crippen LogP contribution in [0.2, 0.25) is 0 Å². The second kappa shape index (κ2) is 8.69. The first-order valence-corrected chi connectivity index (χ1v) is 9.85. The molecule has 0 aliphatic carbocycles. The third-order valence-corrected chi connectivity index (χ3v) is 5.84. The number of amides is 2. The molecule has 0 unspecified atom stereocenters. The molecule has 0 spiro atoms. The molecule has 5 nitrogen and oxygen atoms in total. The Kier molecular flexibility index (Phi) is 6.50. The molecular weight excluding hydrogens is 371 g/mol. The normalized spacial score (nSPS) is 21.5. The molecular formula is C20H28F3N3O2. The van der Waals surface area contributed by atoms with Crippen molar-refractivity contribution < 1.29 is 23.1 Å². The van der Waals surface area contributed by atoms with Gasteiger partial charge in [0.2, 0.25) is 0 Å². The molecule has 2 aliphatic heterocycles. The predicted molar refractivity (Wildman–Crippen MR) is 99.8 cm³/mol. The van der Waals surface area contributed by atoms with Crippen LogP contribution in [0.25, 0.3) is 0 Å². The lowest BCUT2D eigenvalue weighted by Gasteiger charge is -2.39. The van der Waals surface area contributed by atoms with Crippen molar-refractivity contribution in [3.05, 3.63) is 35.9 Å². The maximum atomic E-state index is 12.4. The molecule has 0 bridgehead atoms. The summed E-state index contributed by atoms with van der Waals surface area (Å²) >= 11 is 0. The van der Waals surface area contributed by atoms with Crippen LogP contribution in [0.3, 0.4) is 0 Å². The minimum Gasteiger partial charge on any atom is -0.385 e. The summed E-state index contributed by atoms with van der Waals surface area (Å²) in [7, 11) is 0. The Morgan fingerprint density at radius 2 is 1.71 bits per heavy atom. The highest BCUT2D eigenvalue weighted by Gasteiger charge is 2.36. The summed E-state index contributed by atoms with van der Waals surface area (Å²) in [5.41, 5.74) is -0.0238. The van der Waals surface area contributed by atoms with Crippen LogP contribution in [0.15, 0.2) is 30.3 Å². The van der Waals surface area contributed by atoms with Crippen molar-refractivity contribution in [2.24, 2.45) is 5.92 Å². The topological polar surface area (TPSA) is 55.8 Å². The van der Waals surface area contributed by atoms with E-state index in [1.807, 2.05) is 30.3 Å². The van der Waals surface area contributed by atoms with Gasteiger partial charge in [-0.25, -0.2) is 4.79 Å². The van der Waals surface area contributed by atoms with Crippen LogP contribution in [0.1, 0.15) is 31.2 Å². The van der Waals surface area contributed by atoms with E-state index < -0.39 is 18.3 Å². The minimum absolute atomic E-state index is 0.159. The van der Waals surface area contributed by atoms with Crippen molar-refractivity contribution in [1.29, 1.82) is 0 Å². The van der Waals surface area contributed by atoms with Gasteiger partial charge in [0.15, 0.2) is 0 Å². The van der Waals surface area contributed by atoms with Gasteiger partial charge < -0.3 is 15.3 Å². The zero-order chi connectivity index (χ0) is 20.2. The van der Waals surface area contributed by atoms with Gasteiger partial charge in [-0.05, 0) is 50.3 Å². The molecule has 28 heavy (non-hydrogen) atoms. The van der Waals surface area contributed by atoms with Crippen molar-refractivity contribution in [3.63, 3.8) is 0 Å². The molecule has 0 saturated carbocycles. The summed E-state index contributed by atoms with van der Waals surface area (Å²) in [5.74, 6) is 0.208. The molecule has 3 rings (SSSR count). The van der Waals surface area contributed by atoms with Crippen LogP contribution in [0, 0.1) is 5.92 Å². The Bertz CT molecular complexity index is 638. The molecule has 1 aromatic rings. The van der Waals surface area contributed by atoms with Crippen LogP contribution in [0.4, 0.5) is 18.0 Å². The fraction of sp³-hybridized carbons (Fsp3) is 0.650. The van der Waals surface area contributed by atoms with Gasteiger partial charge in [-0.3, -0.25) is 4.90 Å². The van der Waals surface area contributed by atoms with Crippen molar-refractivity contribution in [2.75, 3.05) is 39.3 Å². The number of piperidine rings is 2. The van der Waals surface area contributed by atoms with Crippen LogP contribution in [0.5, 0.6) is 0 Å². The first-order chi connectivity index (χ1) is 13.3. The lowest BCUT2D eigenvalue weighted by atomic mass is 9.84. The Labute approximate surface area is 163 Å². The highest BCUT2D eigenvalue weighted by Crippen LogP contribution is 2.32. The second-order valence-electron chi connectivity index (χ2n) is 7.91. The average molecular weight is 399 g/mol. The molecule has 2 heterocycles. The number of urea groups is 1. The fourth-order valence-electron chi connectivity index (χ4n) is 4.06. The van der Waals surface area contributed by atoms with E-state index in [0.717, 1.165) is 5.56 Å². The van der Waals surface area contributed by atoms with E-state index in [1.165, 1.54) is 4.90 Å². The lowest BCUT2D eigenvalue weighted by molar-refractivity contribution is -0.148. The average Bonchev–Trinajstić information content (AvgIpc) is 2.67. The zero-order valence-corrected chi connectivity index (χ0v) is 15.9. The highest BCUT2D eigenvalue weighted by atomic mass is 19.4. The summed E-state index contributed by atoms with van der Waals surface area (Å²) in [6.45, 7) is 1.40. The number of carbonyl (C=O) groups excluding carboxylic acids is 1. The highest BCUT2D eigenvalue weighted by molar-refractivity contribution is 5.74. The van der Waals surface area contributed by atoms with Crippen LogP contribution in [-0.4, -0.2) is 66.4 Å². The predicted octanol–water partition coefficient (Wildman–Crippen LogP) is 2.95. The summed E-state index contributed by atoms with van der Waals surface area (Å²) in [6.07, 6.45) is -1.87.